The Hall–Kier alpha value is -2.79. The summed E-state index contributed by atoms with van der Waals surface area (Å²) in [6.45, 7) is 2.63. The molecule has 0 aliphatic carbocycles. The van der Waals surface area contributed by atoms with E-state index in [4.69, 9.17) is 16.3 Å². The number of nitrogens with one attached hydrogen (secondary N) is 2. The standard InChI is InChI=1S/C19H19ClN4O/c1-13-3-6-15(9-17(13)20)24-19-10-18(22-12-23-19)21-11-14-4-7-16(25-2)8-5-14/h3-10,12H,11H2,1-2H3,(H2,21,22,23,24). The van der Waals surface area contributed by atoms with E-state index in [1.54, 1.807) is 7.11 Å². The van der Waals surface area contributed by atoms with E-state index in [2.05, 4.69) is 20.6 Å². The lowest BCUT2D eigenvalue weighted by Crippen LogP contribution is -2.03. The van der Waals surface area contributed by atoms with Gasteiger partial charge in [0.05, 0.1) is 7.11 Å². The molecular formula is C19H19ClN4O. The predicted octanol–water partition coefficient (Wildman–Crippen LogP) is 4.80. The van der Waals surface area contributed by atoms with Gasteiger partial charge in [0.1, 0.15) is 23.7 Å². The minimum atomic E-state index is 0.663. The maximum absolute atomic E-state index is 6.16. The van der Waals surface area contributed by atoms with E-state index < -0.39 is 0 Å². The van der Waals surface area contributed by atoms with E-state index in [0.717, 1.165) is 33.4 Å². The van der Waals surface area contributed by atoms with Crippen LogP contribution < -0.4 is 15.4 Å². The van der Waals surface area contributed by atoms with Gasteiger partial charge in [0.25, 0.3) is 0 Å². The van der Waals surface area contributed by atoms with Crippen LogP contribution >= 0.6 is 11.6 Å². The topological polar surface area (TPSA) is 59.1 Å². The molecule has 2 aromatic carbocycles. The van der Waals surface area contributed by atoms with E-state index >= 15 is 0 Å². The highest BCUT2D eigenvalue weighted by atomic mass is 35.5. The molecule has 0 spiro atoms. The van der Waals surface area contributed by atoms with Gasteiger partial charge in [-0.25, -0.2) is 9.97 Å². The zero-order valence-electron chi connectivity index (χ0n) is 14.1. The van der Waals surface area contributed by atoms with Crippen LogP contribution in [0, 0.1) is 6.92 Å². The van der Waals surface area contributed by atoms with Crippen LogP contribution in [0.4, 0.5) is 17.3 Å². The summed E-state index contributed by atoms with van der Waals surface area (Å²) in [4.78, 5) is 8.49. The second-order valence-corrected chi connectivity index (χ2v) is 5.99. The Balaban J connectivity index is 1.65. The van der Waals surface area contributed by atoms with E-state index in [1.165, 1.54) is 6.33 Å². The van der Waals surface area contributed by atoms with E-state index in [0.29, 0.717) is 12.4 Å². The first-order valence-electron chi connectivity index (χ1n) is 7.86. The number of benzene rings is 2. The van der Waals surface area contributed by atoms with Crippen molar-refractivity contribution in [2.24, 2.45) is 0 Å². The molecule has 0 unspecified atom stereocenters. The Bertz CT molecular complexity index is 852. The van der Waals surface area contributed by atoms with Crippen LogP contribution in [-0.2, 0) is 6.54 Å². The molecule has 3 aromatic rings. The molecule has 0 saturated carbocycles. The Labute approximate surface area is 152 Å². The summed E-state index contributed by atoms with van der Waals surface area (Å²) in [6.07, 6.45) is 1.52. The van der Waals surface area contributed by atoms with Crippen molar-refractivity contribution in [3.63, 3.8) is 0 Å². The van der Waals surface area contributed by atoms with Gasteiger partial charge in [-0.2, -0.15) is 0 Å². The lowest BCUT2D eigenvalue weighted by atomic mass is 10.2. The fraction of sp³-hybridized carbons (Fsp3) is 0.158. The Morgan fingerprint density at radius 1 is 1.00 bits per heavy atom. The van der Waals surface area contributed by atoms with Crippen LogP contribution in [0.15, 0.2) is 54.9 Å². The van der Waals surface area contributed by atoms with Gasteiger partial charge in [-0.15, -0.1) is 0 Å². The Morgan fingerprint density at radius 3 is 2.48 bits per heavy atom. The van der Waals surface area contributed by atoms with Gasteiger partial charge in [0.15, 0.2) is 0 Å². The smallest absolute Gasteiger partial charge is 0.135 e. The van der Waals surface area contributed by atoms with E-state index in [-0.39, 0.29) is 0 Å². The number of ether oxygens (including phenoxy) is 1. The van der Waals surface area contributed by atoms with Crippen molar-refractivity contribution >= 4 is 28.9 Å². The van der Waals surface area contributed by atoms with E-state index in [9.17, 15) is 0 Å². The average molecular weight is 355 g/mol. The van der Waals surface area contributed by atoms with Crippen molar-refractivity contribution in [3.8, 4) is 5.75 Å². The average Bonchev–Trinajstić information content (AvgIpc) is 2.64. The number of halogens is 1. The third kappa shape index (κ3) is 4.61. The second kappa shape index (κ2) is 7.85. The lowest BCUT2D eigenvalue weighted by Gasteiger charge is -2.10. The van der Waals surface area contributed by atoms with Gasteiger partial charge in [0, 0.05) is 23.3 Å². The molecule has 1 aromatic heterocycles. The summed E-state index contributed by atoms with van der Waals surface area (Å²) in [5, 5.41) is 7.24. The SMILES string of the molecule is COc1ccc(CNc2cc(Nc3ccc(C)c(Cl)c3)ncn2)cc1. The molecule has 6 heteroatoms. The molecule has 0 aliphatic heterocycles. The van der Waals surface area contributed by atoms with Crippen LogP contribution in [0.2, 0.25) is 5.02 Å². The molecular weight excluding hydrogens is 336 g/mol. The number of rotatable bonds is 6. The molecule has 0 bridgehead atoms. The summed E-state index contributed by atoms with van der Waals surface area (Å²) in [5.41, 5.74) is 3.06. The zero-order valence-corrected chi connectivity index (χ0v) is 14.8. The van der Waals surface area contributed by atoms with Crippen LogP contribution in [0.3, 0.4) is 0 Å². The number of aryl methyl sites for hydroxylation is 1. The van der Waals surface area contributed by atoms with Gasteiger partial charge < -0.3 is 15.4 Å². The van der Waals surface area contributed by atoms with Gasteiger partial charge >= 0.3 is 0 Å². The normalized spacial score (nSPS) is 10.4. The molecule has 0 radical (unpaired) electrons. The third-order valence-corrected chi connectivity index (χ3v) is 4.15. The monoisotopic (exact) mass is 354 g/mol. The molecule has 0 fully saturated rings. The van der Waals surface area contributed by atoms with Crippen molar-refractivity contribution in [1.29, 1.82) is 0 Å². The highest BCUT2D eigenvalue weighted by molar-refractivity contribution is 6.31. The molecule has 0 saturated heterocycles. The first-order valence-corrected chi connectivity index (χ1v) is 8.24. The fourth-order valence-electron chi connectivity index (χ4n) is 2.28. The van der Waals surface area contributed by atoms with Crippen molar-refractivity contribution in [2.75, 3.05) is 17.7 Å². The number of hydrogen-bond donors (Lipinski definition) is 2. The minimum absolute atomic E-state index is 0.663. The maximum atomic E-state index is 6.16. The number of hydrogen-bond acceptors (Lipinski definition) is 5. The Kier molecular flexibility index (Phi) is 5.36. The summed E-state index contributed by atoms with van der Waals surface area (Å²) >= 11 is 6.16. The summed E-state index contributed by atoms with van der Waals surface area (Å²) in [7, 11) is 1.66. The van der Waals surface area contributed by atoms with Crippen LogP contribution in [0.25, 0.3) is 0 Å². The van der Waals surface area contributed by atoms with Crippen LogP contribution in [0.1, 0.15) is 11.1 Å². The largest absolute Gasteiger partial charge is 0.497 e. The van der Waals surface area contributed by atoms with Gasteiger partial charge in [-0.1, -0.05) is 29.8 Å². The van der Waals surface area contributed by atoms with Gasteiger partial charge in [-0.05, 0) is 42.3 Å². The second-order valence-electron chi connectivity index (χ2n) is 5.58. The summed E-state index contributed by atoms with van der Waals surface area (Å²) in [5.74, 6) is 2.28. The number of methoxy groups -OCH3 is 1. The Morgan fingerprint density at radius 2 is 1.76 bits per heavy atom. The van der Waals surface area contributed by atoms with Crippen molar-refractivity contribution in [2.45, 2.75) is 13.5 Å². The minimum Gasteiger partial charge on any atom is -0.497 e. The first kappa shape index (κ1) is 17.0. The highest BCUT2D eigenvalue weighted by Crippen LogP contribution is 2.23. The van der Waals surface area contributed by atoms with E-state index in [1.807, 2.05) is 55.5 Å². The van der Waals surface area contributed by atoms with Crippen molar-refractivity contribution < 1.29 is 4.74 Å². The molecule has 25 heavy (non-hydrogen) atoms. The number of anilines is 3. The molecule has 1 heterocycles. The summed E-state index contributed by atoms with van der Waals surface area (Å²) < 4.78 is 5.16. The molecule has 2 N–H and O–H groups in total. The molecule has 128 valence electrons. The lowest BCUT2D eigenvalue weighted by molar-refractivity contribution is 0.414. The zero-order chi connectivity index (χ0) is 17.6. The molecule has 5 nitrogen and oxygen atoms in total. The highest BCUT2D eigenvalue weighted by Gasteiger charge is 2.02. The first-order chi connectivity index (χ1) is 12.1. The number of aromatic nitrogens is 2. The quantitative estimate of drug-likeness (QED) is 0.665. The maximum Gasteiger partial charge on any atom is 0.135 e. The third-order valence-electron chi connectivity index (χ3n) is 3.74. The van der Waals surface area contributed by atoms with Crippen LogP contribution in [-0.4, -0.2) is 17.1 Å². The van der Waals surface area contributed by atoms with Crippen molar-refractivity contribution in [3.05, 3.63) is 71.0 Å². The molecule has 3 rings (SSSR count). The summed E-state index contributed by atoms with van der Waals surface area (Å²) in [6, 6.07) is 15.6. The predicted molar refractivity (Wildman–Crippen MR) is 102 cm³/mol. The molecule has 0 atom stereocenters. The van der Waals surface area contributed by atoms with Gasteiger partial charge in [-0.3, -0.25) is 0 Å². The molecule has 0 aliphatic rings. The number of nitrogens with zero attached hydrogens (tertiary/aromatic N) is 2. The van der Waals surface area contributed by atoms with Crippen LogP contribution in [0.5, 0.6) is 5.75 Å². The van der Waals surface area contributed by atoms with Gasteiger partial charge in [0.2, 0.25) is 0 Å². The van der Waals surface area contributed by atoms with Crippen molar-refractivity contribution in [1.82, 2.24) is 9.97 Å². The fourth-order valence-corrected chi connectivity index (χ4v) is 2.46. The molecule has 0 amide bonds.